The summed E-state index contributed by atoms with van der Waals surface area (Å²) in [5, 5.41) is 0. The first-order chi connectivity index (χ1) is 9.60. The highest BCUT2D eigenvalue weighted by molar-refractivity contribution is 5.35. The topological polar surface area (TPSA) is 61.0 Å². The molecule has 4 heteroatoms. The number of pyridine rings is 2. The quantitative estimate of drug-likeness (QED) is 0.907. The molecule has 1 unspecified atom stereocenters. The Hall–Kier alpha value is -1.94. The van der Waals surface area contributed by atoms with E-state index in [1.165, 1.54) is 0 Å². The van der Waals surface area contributed by atoms with Gasteiger partial charge < -0.3 is 10.5 Å². The van der Waals surface area contributed by atoms with Crippen LogP contribution in [0.5, 0.6) is 11.6 Å². The van der Waals surface area contributed by atoms with Crippen LogP contribution in [0.1, 0.15) is 30.2 Å². The molecule has 0 spiro atoms. The average molecular weight is 271 g/mol. The van der Waals surface area contributed by atoms with Gasteiger partial charge in [-0.25, -0.2) is 4.98 Å². The largest absolute Gasteiger partial charge is 0.437 e. The number of aryl methyl sites for hydroxylation is 2. The zero-order valence-corrected chi connectivity index (χ0v) is 12.3. The third kappa shape index (κ3) is 3.54. The molecule has 2 aromatic rings. The third-order valence-corrected chi connectivity index (χ3v) is 3.27. The molecule has 0 aromatic carbocycles. The standard InChI is InChI=1S/C16H21N3O/c1-4-14(17)9-13-8-11(2)16(19-10-13)20-15-6-5-7-18-12(15)3/h5-8,10,14H,4,9,17H2,1-3H3. The second-order valence-electron chi connectivity index (χ2n) is 5.03. The highest BCUT2D eigenvalue weighted by atomic mass is 16.5. The third-order valence-electron chi connectivity index (χ3n) is 3.27. The van der Waals surface area contributed by atoms with Crippen LogP contribution in [0.4, 0.5) is 0 Å². The SMILES string of the molecule is CCC(N)Cc1cnc(Oc2cccnc2C)c(C)c1. The fourth-order valence-corrected chi connectivity index (χ4v) is 1.97. The highest BCUT2D eigenvalue weighted by Gasteiger charge is 2.08. The maximum absolute atomic E-state index is 5.97. The number of nitrogens with zero attached hydrogens (tertiary/aromatic N) is 2. The van der Waals surface area contributed by atoms with Crippen molar-refractivity contribution in [1.82, 2.24) is 9.97 Å². The van der Waals surface area contributed by atoms with Gasteiger partial charge >= 0.3 is 0 Å². The van der Waals surface area contributed by atoms with E-state index in [2.05, 4.69) is 23.0 Å². The molecule has 0 bridgehead atoms. The molecule has 2 N–H and O–H groups in total. The monoisotopic (exact) mass is 271 g/mol. The van der Waals surface area contributed by atoms with E-state index < -0.39 is 0 Å². The summed E-state index contributed by atoms with van der Waals surface area (Å²) in [6, 6.07) is 6.02. The lowest BCUT2D eigenvalue weighted by molar-refractivity contribution is 0.452. The molecule has 106 valence electrons. The van der Waals surface area contributed by atoms with E-state index in [9.17, 15) is 0 Å². The molecule has 0 radical (unpaired) electrons. The lowest BCUT2D eigenvalue weighted by Gasteiger charge is -2.12. The van der Waals surface area contributed by atoms with Gasteiger partial charge in [0.2, 0.25) is 5.88 Å². The van der Waals surface area contributed by atoms with E-state index >= 15 is 0 Å². The summed E-state index contributed by atoms with van der Waals surface area (Å²) in [4.78, 5) is 8.60. The Balaban J connectivity index is 2.16. The Kier molecular flexibility index (Phi) is 4.69. The number of hydrogen-bond donors (Lipinski definition) is 1. The molecule has 20 heavy (non-hydrogen) atoms. The van der Waals surface area contributed by atoms with E-state index in [1.54, 1.807) is 6.20 Å². The van der Waals surface area contributed by atoms with E-state index in [-0.39, 0.29) is 6.04 Å². The molecule has 0 fully saturated rings. The van der Waals surface area contributed by atoms with Gasteiger partial charge in [-0.3, -0.25) is 4.98 Å². The molecule has 0 aliphatic carbocycles. The van der Waals surface area contributed by atoms with E-state index in [4.69, 9.17) is 10.5 Å². The lowest BCUT2D eigenvalue weighted by atomic mass is 10.1. The van der Waals surface area contributed by atoms with Crippen molar-refractivity contribution in [2.24, 2.45) is 5.73 Å². The van der Waals surface area contributed by atoms with Gasteiger partial charge in [-0.1, -0.05) is 6.92 Å². The predicted molar refractivity (Wildman–Crippen MR) is 80.0 cm³/mol. The van der Waals surface area contributed by atoms with Crippen LogP contribution in [0.25, 0.3) is 0 Å². The lowest BCUT2D eigenvalue weighted by Crippen LogP contribution is -2.21. The van der Waals surface area contributed by atoms with Crippen LogP contribution in [0.3, 0.4) is 0 Å². The summed E-state index contributed by atoms with van der Waals surface area (Å²) in [5.74, 6) is 1.36. The van der Waals surface area contributed by atoms with Gasteiger partial charge in [-0.15, -0.1) is 0 Å². The molecule has 0 aliphatic heterocycles. The molecular weight excluding hydrogens is 250 g/mol. The number of nitrogens with two attached hydrogens (primary N) is 1. The van der Waals surface area contributed by atoms with Gasteiger partial charge in [0, 0.05) is 24.0 Å². The molecule has 4 nitrogen and oxygen atoms in total. The summed E-state index contributed by atoms with van der Waals surface area (Å²) < 4.78 is 5.82. The minimum atomic E-state index is 0.184. The Labute approximate surface area is 120 Å². The van der Waals surface area contributed by atoms with E-state index in [0.717, 1.165) is 35.4 Å². The first-order valence-corrected chi connectivity index (χ1v) is 6.90. The minimum absolute atomic E-state index is 0.184. The van der Waals surface area contributed by atoms with Crippen LogP contribution in [0.15, 0.2) is 30.6 Å². The van der Waals surface area contributed by atoms with Crippen molar-refractivity contribution < 1.29 is 4.74 Å². The fraction of sp³-hybridized carbons (Fsp3) is 0.375. The van der Waals surface area contributed by atoms with Gasteiger partial charge in [0.15, 0.2) is 5.75 Å². The number of rotatable bonds is 5. The molecule has 0 amide bonds. The second-order valence-corrected chi connectivity index (χ2v) is 5.03. The summed E-state index contributed by atoms with van der Waals surface area (Å²) in [7, 11) is 0. The van der Waals surface area contributed by atoms with Crippen LogP contribution >= 0.6 is 0 Å². The first kappa shape index (κ1) is 14.5. The van der Waals surface area contributed by atoms with Crippen molar-refractivity contribution in [2.75, 3.05) is 0 Å². The molecule has 2 aromatic heterocycles. The van der Waals surface area contributed by atoms with Crippen molar-refractivity contribution in [2.45, 2.75) is 39.7 Å². The maximum Gasteiger partial charge on any atom is 0.222 e. The Morgan fingerprint density at radius 1 is 1.30 bits per heavy atom. The first-order valence-electron chi connectivity index (χ1n) is 6.90. The normalized spacial score (nSPS) is 12.2. The van der Waals surface area contributed by atoms with Crippen LogP contribution < -0.4 is 10.5 Å². The molecule has 2 rings (SSSR count). The fourth-order valence-electron chi connectivity index (χ4n) is 1.97. The summed E-state index contributed by atoms with van der Waals surface area (Å²) >= 11 is 0. The zero-order valence-electron chi connectivity index (χ0n) is 12.3. The van der Waals surface area contributed by atoms with Crippen molar-refractivity contribution in [1.29, 1.82) is 0 Å². The van der Waals surface area contributed by atoms with E-state index in [1.807, 2.05) is 32.2 Å². The van der Waals surface area contributed by atoms with Crippen LogP contribution in [-0.2, 0) is 6.42 Å². The smallest absolute Gasteiger partial charge is 0.222 e. The van der Waals surface area contributed by atoms with Crippen LogP contribution in [-0.4, -0.2) is 16.0 Å². The molecule has 0 aliphatic rings. The van der Waals surface area contributed by atoms with Gasteiger partial charge in [-0.05, 0) is 50.5 Å². The molecule has 0 saturated heterocycles. The highest BCUT2D eigenvalue weighted by Crippen LogP contribution is 2.25. The number of ether oxygens (including phenoxy) is 1. The van der Waals surface area contributed by atoms with Crippen molar-refractivity contribution in [3.05, 3.63) is 47.4 Å². The Morgan fingerprint density at radius 3 is 2.75 bits per heavy atom. The second kappa shape index (κ2) is 6.48. The van der Waals surface area contributed by atoms with Crippen molar-refractivity contribution >= 4 is 0 Å². The van der Waals surface area contributed by atoms with Gasteiger partial charge in [0.05, 0.1) is 5.69 Å². The van der Waals surface area contributed by atoms with Crippen LogP contribution in [0.2, 0.25) is 0 Å². The van der Waals surface area contributed by atoms with Crippen molar-refractivity contribution in [3.8, 4) is 11.6 Å². The molecule has 0 saturated carbocycles. The van der Waals surface area contributed by atoms with Gasteiger partial charge in [0.1, 0.15) is 0 Å². The summed E-state index contributed by atoms with van der Waals surface area (Å²) in [5.41, 5.74) is 8.98. The maximum atomic E-state index is 5.97. The van der Waals surface area contributed by atoms with Crippen LogP contribution in [0, 0.1) is 13.8 Å². The summed E-state index contributed by atoms with van der Waals surface area (Å²) in [6.45, 7) is 6.00. The van der Waals surface area contributed by atoms with Gasteiger partial charge in [-0.2, -0.15) is 0 Å². The molecule has 1 atom stereocenters. The number of aromatic nitrogens is 2. The zero-order chi connectivity index (χ0) is 14.5. The Bertz CT molecular complexity index is 584. The van der Waals surface area contributed by atoms with Crippen molar-refractivity contribution in [3.63, 3.8) is 0 Å². The Morgan fingerprint density at radius 2 is 2.10 bits per heavy atom. The summed E-state index contributed by atoms with van der Waals surface area (Å²) in [6.07, 6.45) is 5.39. The number of hydrogen-bond acceptors (Lipinski definition) is 4. The molecule has 2 heterocycles. The van der Waals surface area contributed by atoms with E-state index in [0.29, 0.717) is 5.88 Å². The minimum Gasteiger partial charge on any atom is -0.437 e. The van der Waals surface area contributed by atoms with Gasteiger partial charge in [0.25, 0.3) is 0 Å². The average Bonchev–Trinajstić information content (AvgIpc) is 2.44. The predicted octanol–water partition coefficient (Wildman–Crippen LogP) is 3.17. The molecular formula is C16H21N3O.